The maximum Gasteiger partial charge on any atom is 0.227 e. The molecular formula is C29H42N8. The van der Waals surface area contributed by atoms with Gasteiger partial charge in [-0.05, 0) is 81.8 Å². The molecule has 8 heteroatoms. The number of aromatic nitrogens is 4. The lowest BCUT2D eigenvalue weighted by Crippen LogP contribution is -2.39. The highest BCUT2D eigenvalue weighted by molar-refractivity contribution is 5.84. The Kier molecular flexibility index (Phi) is 7.29. The molecule has 0 unspecified atom stereocenters. The molecule has 3 fully saturated rings. The predicted molar refractivity (Wildman–Crippen MR) is 149 cm³/mol. The van der Waals surface area contributed by atoms with Gasteiger partial charge in [-0.2, -0.15) is 9.97 Å². The Morgan fingerprint density at radius 2 is 1.70 bits per heavy atom. The van der Waals surface area contributed by atoms with Crippen LogP contribution in [0.5, 0.6) is 0 Å². The number of anilines is 2. The van der Waals surface area contributed by atoms with Crippen molar-refractivity contribution >= 4 is 22.9 Å². The van der Waals surface area contributed by atoms with E-state index in [0.717, 1.165) is 61.7 Å². The molecule has 3 heterocycles. The Balaban J connectivity index is 1.18. The molecule has 3 aliphatic rings. The fraction of sp³-hybridized carbons (Fsp3) is 0.621. The van der Waals surface area contributed by atoms with Crippen LogP contribution >= 0.6 is 0 Å². The van der Waals surface area contributed by atoms with Gasteiger partial charge < -0.3 is 21.0 Å². The van der Waals surface area contributed by atoms with E-state index in [9.17, 15) is 0 Å². The number of benzene rings is 1. The Labute approximate surface area is 220 Å². The molecule has 6 rings (SSSR count). The number of nitrogens with two attached hydrogens (primary N) is 1. The summed E-state index contributed by atoms with van der Waals surface area (Å²) in [5, 5.41) is 5.97. The fourth-order valence-corrected chi connectivity index (χ4v) is 6.50. The molecular weight excluding hydrogens is 460 g/mol. The molecule has 4 N–H and O–H groups in total. The number of rotatable bonds is 7. The van der Waals surface area contributed by atoms with E-state index in [4.69, 9.17) is 20.7 Å². The van der Waals surface area contributed by atoms with E-state index >= 15 is 0 Å². The minimum Gasteiger partial charge on any atom is -0.351 e. The lowest BCUT2D eigenvalue weighted by atomic mass is 9.89. The number of nitrogens with one attached hydrogen (secondary N) is 2. The molecule has 2 aromatic heterocycles. The highest BCUT2D eigenvalue weighted by Crippen LogP contribution is 2.34. The number of hydrogen-bond donors (Lipinski definition) is 3. The van der Waals surface area contributed by atoms with E-state index in [-0.39, 0.29) is 0 Å². The van der Waals surface area contributed by atoms with E-state index in [1.807, 2.05) is 6.33 Å². The van der Waals surface area contributed by atoms with Gasteiger partial charge in [0.2, 0.25) is 5.95 Å². The van der Waals surface area contributed by atoms with E-state index in [1.165, 1.54) is 56.1 Å². The van der Waals surface area contributed by atoms with Crippen LogP contribution in [0.3, 0.4) is 0 Å². The Morgan fingerprint density at radius 3 is 2.46 bits per heavy atom. The highest BCUT2D eigenvalue weighted by Gasteiger charge is 2.26. The average molecular weight is 503 g/mol. The van der Waals surface area contributed by atoms with Gasteiger partial charge in [0.1, 0.15) is 0 Å². The molecule has 198 valence electrons. The number of hydrazine groups is 1. The topological polar surface area (TPSA) is 96.9 Å². The van der Waals surface area contributed by atoms with Crippen LogP contribution in [0, 0.1) is 12.8 Å². The Bertz CT molecular complexity index is 1180. The normalized spacial score (nSPS) is 24.1. The first kappa shape index (κ1) is 24.6. The molecule has 8 nitrogen and oxygen atoms in total. The lowest BCUT2D eigenvalue weighted by Gasteiger charge is -2.33. The predicted octanol–water partition coefficient (Wildman–Crippen LogP) is 5.21. The van der Waals surface area contributed by atoms with Crippen molar-refractivity contribution in [2.24, 2.45) is 11.7 Å². The summed E-state index contributed by atoms with van der Waals surface area (Å²) in [7, 11) is 0. The molecule has 0 bridgehead atoms. The van der Waals surface area contributed by atoms with Crippen LogP contribution in [0.25, 0.3) is 11.2 Å². The summed E-state index contributed by atoms with van der Waals surface area (Å²) in [5.74, 6) is 2.26. The SMILES string of the molecule is Cc1ccccc1CC1CCN(Nc2nc(N[C@H]3CC[C@H](N)CC3)nc3c2ncn3C2CCCC2)CC1. The van der Waals surface area contributed by atoms with Crippen LogP contribution in [0.1, 0.15) is 81.4 Å². The van der Waals surface area contributed by atoms with Crippen LogP contribution in [-0.2, 0) is 6.42 Å². The molecule has 0 radical (unpaired) electrons. The monoisotopic (exact) mass is 502 g/mol. The van der Waals surface area contributed by atoms with Gasteiger partial charge in [-0.3, -0.25) is 0 Å². The summed E-state index contributed by atoms with van der Waals surface area (Å²) < 4.78 is 2.30. The van der Waals surface area contributed by atoms with Gasteiger partial charge in [0.05, 0.1) is 6.33 Å². The zero-order chi connectivity index (χ0) is 25.2. The van der Waals surface area contributed by atoms with Gasteiger partial charge in [0.15, 0.2) is 17.0 Å². The van der Waals surface area contributed by atoms with Gasteiger partial charge in [-0.25, -0.2) is 9.99 Å². The largest absolute Gasteiger partial charge is 0.351 e. The minimum atomic E-state index is 0.330. The van der Waals surface area contributed by atoms with E-state index in [0.29, 0.717) is 24.1 Å². The Hall–Kier alpha value is -2.71. The molecule has 37 heavy (non-hydrogen) atoms. The molecule has 0 amide bonds. The maximum atomic E-state index is 6.14. The van der Waals surface area contributed by atoms with E-state index in [1.54, 1.807) is 0 Å². The van der Waals surface area contributed by atoms with Gasteiger partial charge in [-0.1, -0.05) is 37.1 Å². The first-order chi connectivity index (χ1) is 18.1. The van der Waals surface area contributed by atoms with Crippen molar-refractivity contribution in [3.05, 3.63) is 41.7 Å². The third kappa shape index (κ3) is 5.60. The summed E-state index contributed by atoms with van der Waals surface area (Å²) in [6.07, 6.45) is 14.7. The third-order valence-corrected chi connectivity index (χ3v) is 8.89. The van der Waals surface area contributed by atoms with Crippen molar-refractivity contribution in [1.82, 2.24) is 24.5 Å². The lowest BCUT2D eigenvalue weighted by molar-refractivity contribution is 0.216. The standard InChI is InChI=1S/C29H42N8/c1-20-6-2-3-7-22(20)18-21-14-16-36(17-15-21)35-27-26-28(37(19-31-26)25-8-4-5-9-25)34-29(33-27)32-24-12-10-23(30)11-13-24/h2-3,6-7,19,21,23-25H,4-5,8-18,30H2,1H3,(H2,32,33,34,35)/t23-,24-. The van der Waals surface area contributed by atoms with E-state index < -0.39 is 0 Å². The van der Waals surface area contributed by atoms with Crippen molar-refractivity contribution in [2.45, 2.75) is 95.7 Å². The van der Waals surface area contributed by atoms with Crippen molar-refractivity contribution in [3.8, 4) is 0 Å². The molecule has 3 aromatic rings. The zero-order valence-electron chi connectivity index (χ0n) is 22.2. The van der Waals surface area contributed by atoms with Crippen LogP contribution in [0.15, 0.2) is 30.6 Å². The van der Waals surface area contributed by atoms with Gasteiger partial charge >= 0.3 is 0 Å². The number of hydrogen-bond acceptors (Lipinski definition) is 7. The second kappa shape index (κ2) is 11.0. The number of aryl methyl sites for hydroxylation is 1. The van der Waals surface area contributed by atoms with Crippen LogP contribution in [0.2, 0.25) is 0 Å². The molecule has 1 aromatic carbocycles. The molecule has 2 aliphatic carbocycles. The molecule has 1 saturated heterocycles. The van der Waals surface area contributed by atoms with Gasteiger partial charge in [0.25, 0.3) is 0 Å². The first-order valence-corrected chi connectivity index (χ1v) is 14.4. The van der Waals surface area contributed by atoms with Crippen molar-refractivity contribution in [1.29, 1.82) is 0 Å². The molecule has 0 spiro atoms. The van der Waals surface area contributed by atoms with E-state index in [2.05, 4.69) is 51.5 Å². The second-order valence-electron chi connectivity index (χ2n) is 11.6. The molecule has 2 saturated carbocycles. The van der Waals surface area contributed by atoms with Crippen molar-refractivity contribution in [2.75, 3.05) is 23.8 Å². The number of imidazole rings is 1. The fourth-order valence-electron chi connectivity index (χ4n) is 6.50. The average Bonchev–Trinajstić information content (AvgIpc) is 3.58. The minimum absolute atomic E-state index is 0.330. The first-order valence-electron chi connectivity index (χ1n) is 14.4. The van der Waals surface area contributed by atoms with Crippen LogP contribution in [-0.4, -0.2) is 49.7 Å². The summed E-state index contributed by atoms with van der Waals surface area (Å²) in [6, 6.07) is 10.0. The second-order valence-corrected chi connectivity index (χ2v) is 11.6. The van der Waals surface area contributed by atoms with Gasteiger partial charge in [0, 0.05) is 31.2 Å². The number of piperidine rings is 1. The van der Waals surface area contributed by atoms with Crippen LogP contribution in [0.4, 0.5) is 11.8 Å². The smallest absolute Gasteiger partial charge is 0.227 e. The van der Waals surface area contributed by atoms with Gasteiger partial charge in [-0.15, -0.1) is 0 Å². The quantitative estimate of drug-likeness (QED) is 0.408. The summed E-state index contributed by atoms with van der Waals surface area (Å²) in [4.78, 5) is 14.8. The van der Waals surface area contributed by atoms with Crippen molar-refractivity contribution < 1.29 is 0 Å². The highest BCUT2D eigenvalue weighted by atomic mass is 15.5. The number of fused-ring (bicyclic) bond motifs is 1. The number of nitrogens with zero attached hydrogens (tertiary/aromatic N) is 5. The van der Waals surface area contributed by atoms with Crippen molar-refractivity contribution in [3.63, 3.8) is 0 Å². The Morgan fingerprint density at radius 1 is 0.946 bits per heavy atom. The third-order valence-electron chi connectivity index (χ3n) is 8.89. The molecule has 1 aliphatic heterocycles. The summed E-state index contributed by atoms with van der Waals surface area (Å²) in [5.41, 5.74) is 14.5. The maximum absolute atomic E-state index is 6.14. The summed E-state index contributed by atoms with van der Waals surface area (Å²) >= 11 is 0. The molecule has 0 atom stereocenters. The van der Waals surface area contributed by atoms with Crippen LogP contribution < -0.4 is 16.5 Å². The zero-order valence-corrected chi connectivity index (χ0v) is 22.2. The summed E-state index contributed by atoms with van der Waals surface area (Å²) in [6.45, 7) is 4.24.